The van der Waals surface area contributed by atoms with Crippen LogP contribution in [-0.2, 0) is 0 Å². The van der Waals surface area contributed by atoms with Crippen LogP contribution in [0.4, 0.5) is 0 Å². The summed E-state index contributed by atoms with van der Waals surface area (Å²) in [6, 6.07) is 0.184. The van der Waals surface area contributed by atoms with Crippen molar-refractivity contribution in [2.45, 2.75) is 13.0 Å². The summed E-state index contributed by atoms with van der Waals surface area (Å²) < 4.78 is 0. The zero-order valence-electron chi connectivity index (χ0n) is 8.02. The van der Waals surface area contributed by atoms with E-state index in [0.717, 1.165) is 10.7 Å². The molecule has 2 rings (SSSR count). The van der Waals surface area contributed by atoms with Crippen molar-refractivity contribution < 1.29 is 0 Å². The first-order valence-electron chi connectivity index (χ1n) is 4.74. The average Bonchev–Trinajstić information content (AvgIpc) is 2.17. The Morgan fingerprint density at radius 3 is 2.93 bits per heavy atom. The summed E-state index contributed by atoms with van der Waals surface area (Å²) in [6.45, 7) is 1.99. The minimum atomic E-state index is 0.184. The van der Waals surface area contributed by atoms with Crippen LogP contribution in [0.25, 0.3) is 0 Å². The second-order valence-corrected chi connectivity index (χ2v) is 3.83. The Kier molecular flexibility index (Phi) is 2.69. The van der Waals surface area contributed by atoms with E-state index in [1.54, 1.807) is 0 Å². The molecule has 1 aliphatic carbocycles. The summed E-state index contributed by atoms with van der Waals surface area (Å²) in [4.78, 5) is 4.57. The second-order valence-electron chi connectivity index (χ2n) is 3.39. The van der Waals surface area contributed by atoms with E-state index in [1.807, 2.05) is 31.2 Å². The van der Waals surface area contributed by atoms with E-state index >= 15 is 0 Å². The van der Waals surface area contributed by atoms with Gasteiger partial charge < -0.3 is 0 Å². The molecule has 0 aromatic heterocycles. The highest BCUT2D eigenvalue weighted by atomic mass is 35.5. The lowest BCUT2D eigenvalue weighted by molar-refractivity contribution is 0.679. The average molecular weight is 206 g/mol. The SMILES string of the molecule is C/C=C/C1=NC2C=C(Cl)C=CC2C=C1. The van der Waals surface area contributed by atoms with Gasteiger partial charge >= 0.3 is 0 Å². The molecular weight excluding hydrogens is 194 g/mol. The number of hydrogen-bond acceptors (Lipinski definition) is 1. The number of hydrogen-bond donors (Lipinski definition) is 0. The van der Waals surface area contributed by atoms with Crippen molar-refractivity contribution in [2.24, 2.45) is 10.9 Å². The third-order valence-electron chi connectivity index (χ3n) is 2.33. The summed E-state index contributed by atoms with van der Waals surface area (Å²) in [5.41, 5.74) is 1.02. The third-order valence-corrected chi connectivity index (χ3v) is 2.58. The predicted octanol–water partition coefficient (Wildman–Crippen LogP) is 3.25. The maximum atomic E-state index is 5.92. The van der Waals surface area contributed by atoms with Crippen molar-refractivity contribution in [1.82, 2.24) is 0 Å². The van der Waals surface area contributed by atoms with Crippen molar-refractivity contribution in [1.29, 1.82) is 0 Å². The van der Waals surface area contributed by atoms with Crippen LogP contribution in [0.1, 0.15) is 6.92 Å². The van der Waals surface area contributed by atoms with Crippen LogP contribution in [0.2, 0.25) is 0 Å². The monoisotopic (exact) mass is 205 g/mol. The molecule has 0 aromatic carbocycles. The first-order chi connectivity index (χ1) is 6.79. The molecule has 0 saturated carbocycles. The summed E-state index contributed by atoms with van der Waals surface area (Å²) in [7, 11) is 0. The lowest BCUT2D eigenvalue weighted by atomic mass is 9.92. The normalized spacial score (nSPS) is 30.1. The molecule has 2 heteroatoms. The van der Waals surface area contributed by atoms with Crippen LogP contribution in [0.15, 0.2) is 52.6 Å². The topological polar surface area (TPSA) is 12.4 Å². The number of nitrogens with zero attached hydrogens (tertiary/aromatic N) is 1. The molecule has 0 saturated heterocycles. The van der Waals surface area contributed by atoms with Gasteiger partial charge in [-0.05, 0) is 31.2 Å². The van der Waals surface area contributed by atoms with E-state index < -0.39 is 0 Å². The fourth-order valence-electron chi connectivity index (χ4n) is 1.64. The highest BCUT2D eigenvalue weighted by Gasteiger charge is 2.20. The van der Waals surface area contributed by atoms with Crippen molar-refractivity contribution in [3.05, 3.63) is 47.6 Å². The van der Waals surface area contributed by atoms with E-state index in [0.29, 0.717) is 5.92 Å². The molecule has 72 valence electrons. The number of dihydropyridines is 1. The van der Waals surface area contributed by atoms with Gasteiger partial charge in [0.15, 0.2) is 0 Å². The van der Waals surface area contributed by atoms with Crippen molar-refractivity contribution in [3.8, 4) is 0 Å². The standard InChI is InChI=1S/C12H12ClN/c1-2-3-11-7-5-9-4-6-10(13)8-12(9)14-11/h2-9,12H,1H3/b3-2+. The molecule has 2 unspecified atom stereocenters. The quantitative estimate of drug-likeness (QED) is 0.623. The molecule has 0 bridgehead atoms. The minimum absolute atomic E-state index is 0.184. The van der Waals surface area contributed by atoms with E-state index in [4.69, 9.17) is 11.6 Å². The first kappa shape index (κ1) is 9.47. The zero-order chi connectivity index (χ0) is 9.97. The molecule has 2 atom stereocenters. The van der Waals surface area contributed by atoms with Crippen LogP contribution in [-0.4, -0.2) is 11.8 Å². The fourth-order valence-corrected chi connectivity index (χ4v) is 1.84. The molecule has 0 fully saturated rings. The van der Waals surface area contributed by atoms with Crippen LogP contribution < -0.4 is 0 Å². The molecule has 1 aliphatic heterocycles. The fraction of sp³-hybridized carbons (Fsp3) is 0.250. The highest BCUT2D eigenvalue weighted by Crippen LogP contribution is 2.25. The van der Waals surface area contributed by atoms with Gasteiger partial charge in [-0.2, -0.15) is 0 Å². The summed E-state index contributed by atoms with van der Waals surface area (Å²) in [5, 5.41) is 0.783. The molecule has 1 nitrogen and oxygen atoms in total. The minimum Gasteiger partial charge on any atom is -0.277 e. The Morgan fingerprint density at radius 2 is 2.14 bits per heavy atom. The Morgan fingerprint density at radius 1 is 1.36 bits per heavy atom. The van der Waals surface area contributed by atoms with Crippen LogP contribution >= 0.6 is 11.6 Å². The Labute approximate surface area is 89.2 Å². The van der Waals surface area contributed by atoms with Gasteiger partial charge in [0.05, 0.1) is 11.8 Å². The van der Waals surface area contributed by atoms with Crippen LogP contribution in [0, 0.1) is 5.92 Å². The van der Waals surface area contributed by atoms with Gasteiger partial charge in [0, 0.05) is 11.0 Å². The second kappa shape index (κ2) is 3.97. The summed E-state index contributed by atoms with van der Waals surface area (Å²) in [5.74, 6) is 0.381. The molecule has 0 spiro atoms. The molecule has 0 aromatic rings. The number of aliphatic imine (C=N–C) groups is 1. The maximum Gasteiger partial charge on any atom is 0.0801 e. The molecule has 1 heterocycles. The van der Waals surface area contributed by atoms with E-state index in [-0.39, 0.29) is 6.04 Å². The zero-order valence-corrected chi connectivity index (χ0v) is 8.78. The predicted molar refractivity (Wildman–Crippen MR) is 61.7 cm³/mol. The van der Waals surface area contributed by atoms with Gasteiger partial charge in [-0.1, -0.05) is 29.8 Å². The van der Waals surface area contributed by atoms with E-state index in [1.165, 1.54) is 0 Å². The third kappa shape index (κ3) is 1.88. The summed E-state index contributed by atoms with van der Waals surface area (Å²) in [6.07, 6.45) is 14.3. The molecule has 2 aliphatic rings. The van der Waals surface area contributed by atoms with Crippen LogP contribution in [0.5, 0.6) is 0 Å². The lowest BCUT2D eigenvalue weighted by Crippen LogP contribution is -2.20. The van der Waals surface area contributed by atoms with Crippen molar-refractivity contribution in [3.63, 3.8) is 0 Å². The summed E-state index contributed by atoms with van der Waals surface area (Å²) >= 11 is 5.92. The van der Waals surface area contributed by atoms with E-state index in [9.17, 15) is 0 Å². The number of fused-ring (bicyclic) bond motifs is 1. The van der Waals surface area contributed by atoms with Crippen LogP contribution in [0.3, 0.4) is 0 Å². The Bertz CT molecular complexity index is 372. The van der Waals surface area contributed by atoms with Gasteiger partial charge in [0.25, 0.3) is 0 Å². The molecular formula is C12H12ClN. The molecule has 0 radical (unpaired) electrons. The lowest BCUT2D eigenvalue weighted by Gasteiger charge is -2.22. The Balaban J connectivity index is 2.25. The molecule has 14 heavy (non-hydrogen) atoms. The van der Waals surface area contributed by atoms with Crippen molar-refractivity contribution >= 4 is 17.3 Å². The largest absolute Gasteiger partial charge is 0.277 e. The smallest absolute Gasteiger partial charge is 0.0801 e. The van der Waals surface area contributed by atoms with Gasteiger partial charge in [-0.15, -0.1) is 0 Å². The van der Waals surface area contributed by atoms with Crippen molar-refractivity contribution in [2.75, 3.05) is 0 Å². The number of halogens is 1. The molecule has 0 amide bonds. The molecule has 0 N–H and O–H groups in total. The van der Waals surface area contributed by atoms with Gasteiger partial charge in [-0.25, -0.2) is 0 Å². The number of rotatable bonds is 1. The Hall–Kier alpha value is -1.08. The van der Waals surface area contributed by atoms with Gasteiger partial charge in [-0.3, -0.25) is 4.99 Å². The highest BCUT2D eigenvalue weighted by molar-refractivity contribution is 6.31. The first-order valence-corrected chi connectivity index (χ1v) is 5.11. The number of allylic oxidation sites excluding steroid dienone is 5. The van der Waals surface area contributed by atoms with Gasteiger partial charge in [0.2, 0.25) is 0 Å². The maximum absolute atomic E-state index is 5.92. The van der Waals surface area contributed by atoms with Gasteiger partial charge in [0.1, 0.15) is 0 Å². The van der Waals surface area contributed by atoms with E-state index in [2.05, 4.69) is 23.2 Å².